The monoisotopic (exact) mass is 208 g/mol. The van der Waals surface area contributed by atoms with Gasteiger partial charge >= 0.3 is 5.97 Å². The second-order valence-electron chi connectivity index (χ2n) is 3.03. The molecule has 1 aromatic heterocycles. The molecule has 80 valence electrons. The van der Waals surface area contributed by atoms with Crippen molar-refractivity contribution in [3.63, 3.8) is 0 Å². The highest BCUT2D eigenvalue weighted by atomic mass is 16.4. The predicted octanol–water partition coefficient (Wildman–Crippen LogP) is 0.215. The Morgan fingerprint density at radius 3 is 2.87 bits per heavy atom. The number of carbonyl (C=O) groups excluding carboxylic acids is 1. The van der Waals surface area contributed by atoms with E-state index in [1.807, 2.05) is 12.1 Å². The maximum absolute atomic E-state index is 10.9. The van der Waals surface area contributed by atoms with E-state index in [0.29, 0.717) is 13.0 Å². The number of nitrogens with zero attached hydrogens (tertiary/aromatic N) is 1. The van der Waals surface area contributed by atoms with E-state index in [4.69, 9.17) is 5.11 Å². The number of rotatable bonds is 5. The van der Waals surface area contributed by atoms with Gasteiger partial charge in [-0.2, -0.15) is 0 Å². The first-order valence-corrected chi connectivity index (χ1v) is 4.56. The lowest BCUT2D eigenvalue weighted by atomic mass is 10.2. The zero-order valence-corrected chi connectivity index (χ0v) is 8.14. The number of hydrogen-bond donors (Lipinski definition) is 2. The standard InChI is InChI=1S/C10H12N2O3/c13-9(6-10(14)15)12-5-3-8-2-1-4-11-7-8/h1-2,4,7H,3,5-6H2,(H,12,13)(H,14,15). The van der Waals surface area contributed by atoms with E-state index in [9.17, 15) is 9.59 Å². The van der Waals surface area contributed by atoms with Gasteiger partial charge in [0.25, 0.3) is 0 Å². The number of carboxylic acids is 1. The van der Waals surface area contributed by atoms with Crippen LogP contribution >= 0.6 is 0 Å². The molecule has 0 fully saturated rings. The molecule has 1 heterocycles. The Kier molecular flexibility index (Phi) is 4.28. The van der Waals surface area contributed by atoms with Gasteiger partial charge in [0, 0.05) is 18.9 Å². The SMILES string of the molecule is O=C(O)CC(=O)NCCc1cccnc1. The fourth-order valence-electron chi connectivity index (χ4n) is 1.09. The summed E-state index contributed by atoms with van der Waals surface area (Å²) in [6.45, 7) is 0.428. The van der Waals surface area contributed by atoms with Crippen LogP contribution in [0.15, 0.2) is 24.5 Å². The molecular formula is C10H12N2O3. The van der Waals surface area contributed by atoms with Crippen molar-refractivity contribution in [1.82, 2.24) is 10.3 Å². The molecule has 0 aliphatic carbocycles. The minimum atomic E-state index is -1.12. The van der Waals surface area contributed by atoms with Gasteiger partial charge in [-0.25, -0.2) is 0 Å². The molecule has 0 spiro atoms. The van der Waals surface area contributed by atoms with Crippen LogP contribution in [0.1, 0.15) is 12.0 Å². The van der Waals surface area contributed by atoms with Gasteiger partial charge in [0.2, 0.25) is 5.91 Å². The van der Waals surface area contributed by atoms with Crippen molar-refractivity contribution >= 4 is 11.9 Å². The molecule has 1 aromatic rings. The minimum absolute atomic E-state index is 0.428. The summed E-state index contributed by atoms with van der Waals surface area (Å²) in [6, 6.07) is 3.71. The molecule has 0 radical (unpaired) electrons. The third kappa shape index (κ3) is 4.75. The van der Waals surface area contributed by atoms with Crippen molar-refractivity contribution in [2.45, 2.75) is 12.8 Å². The summed E-state index contributed by atoms with van der Waals surface area (Å²) in [5.41, 5.74) is 1.01. The van der Waals surface area contributed by atoms with Gasteiger partial charge in [-0.1, -0.05) is 6.07 Å². The van der Waals surface area contributed by atoms with Crippen molar-refractivity contribution < 1.29 is 14.7 Å². The average molecular weight is 208 g/mol. The van der Waals surface area contributed by atoms with Crippen LogP contribution in [0.4, 0.5) is 0 Å². The van der Waals surface area contributed by atoms with Crippen LogP contribution in [0.25, 0.3) is 0 Å². The van der Waals surface area contributed by atoms with E-state index in [1.165, 1.54) is 0 Å². The first-order chi connectivity index (χ1) is 7.18. The zero-order chi connectivity index (χ0) is 11.1. The lowest BCUT2D eigenvalue weighted by molar-refractivity contribution is -0.140. The largest absolute Gasteiger partial charge is 0.481 e. The first kappa shape index (κ1) is 11.2. The molecule has 0 aliphatic rings. The zero-order valence-electron chi connectivity index (χ0n) is 8.14. The molecule has 0 aromatic carbocycles. The van der Waals surface area contributed by atoms with Gasteiger partial charge in [0.1, 0.15) is 6.42 Å². The Labute approximate surface area is 87.1 Å². The van der Waals surface area contributed by atoms with Crippen LogP contribution in [-0.2, 0) is 16.0 Å². The average Bonchev–Trinajstić information content (AvgIpc) is 2.18. The molecule has 5 heteroatoms. The molecule has 0 saturated carbocycles. The van der Waals surface area contributed by atoms with Gasteiger partial charge in [-0.15, -0.1) is 0 Å². The molecule has 0 saturated heterocycles. The second kappa shape index (κ2) is 5.74. The molecular weight excluding hydrogens is 196 g/mol. The molecule has 2 N–H and O–H groups in total. The Morgan fingerprint density at radius 2 is 2.27 bits per heavy atom. The van der Waals surface area contributed by atoms with Gasteiger partial charge in [0.15, 0.2) is 0 Å². The summed E-state index contributed by atoms with van der Waals surface area (Å²) in [4.78, 5) is 25.0. The number of amides is 1. The minimum Gasteiger partial charge on any atom is -0.481 e. The Bertz CT molecular complexity index is 338. The smallest absolute Gasteiger partial charge is 0.312 e. The quantitative estimate of drug-likeness (QED) is 0.678. The molecule has 0 atom stereocenters. The topological polar surface area (TPSA) is 79.3 Å². The summed E-state index contributed by atoms with van der Waals surface area (Å²) in [5, 5.41) is 10.8. The van der Waals surface area contributed by atoms with Crippen molar-refractivity contribution in [2.75, 3.05) is 6.54 Å². The van der Waals surface area contributed by atoms with E-state index < -0.39 is 18.3 Å². The lowest BCUT2D eigenvalue weighted by Crippen LogP contribution is -2.27. The fourth-order valence-corrected chi connectivity index (χ4v) is 1.09. The summed E-state index contributed by atoms with van der Waals surface area (Å²) in [7, 11) is 0. The number of nitrogens with one attached hydrogen (secondary N) is 1. The van der Waals surface area contributed by atoms with E-state index >= 15 is 0 Å². The lowest BCUT2D eigenvalue weighted by Gasteiger charge is -2.02. The number of carbonyl (C=O) groups is 2. The van der Waals surface area contributed by atoms with Gasteiger partial charge in [-0.05, 0) is 18.1 Å². The van der Waals surface area contributed by atoms with E-state index in [0.717, 1.165) is 5.56 Å². The van der Waals surface area contributed by atoms with E-state index in [2.05, 4.69) is 10.3 Å². The third-order valence-electron chi connectivity index (χ3n) is 1.77. The Hall–Kier alpha value is -1.91. The Morgan fingerprint density at radius 1 is 1.47 bits per heavy atom. The molecule has 5 nitrogen and oxygen atoms in total. The van der Waals surface area contributed by atoms with Crippen LogP contribution in [0.2, 0.25) is 0 Å². The van der Waals surface area contributed by atoms with Crippen LogP contribution in [0, 0.1) is 0 Å². The molecule has 0 unspecified atom stereocenters. The van der Waals surface area contributed by atoms with E-state index in [-0.39, 0.29) is 0 Å². The number of aliphatic carboxylic acids is 1. The number of pyridine rings is 1. The van der Waals surface area contributed by atoms with Gasteiger partial charge < -0.3 is 10.4 Å². The number of carboxylic acid groups (broad SMARTS) is 1. The number of hydrogen-bond acceptors (Lipinski definition) is 3. The summed E-state index contributed by atoms with van der Waals surface area (Å²) in [5.74, 6) is -1.58. The predicted molar refractivity (Wildman–Crippen MR) is 53.2 cm³/mol. The molecule has 15 heavy (non-hydrogen) atoms. The third-order valence-corrected chi connectivity index (χ3v) is 1.77. The van der Waals surface area contributed by atoms with Crippen molar-refractivity contribution in [1.29, 1.82) is 0 Å². The number of aromatic nitrogens is 1. The highest BCUT2D eigenvalue weighted by Crippen LogP contribution is 1.95. The van der Waals surface area contributed by atoms with Gasteiger partial charge in [0.05, 0.1) is 0 Å². The highest BCUT2D eigenvalue weighted by Gasteiger charge is 2.05. The summed E-state index contributed by atoms with van der Waals surface area (Å²) < 4.78 is 0. The van der Waals surface area contributed by atoms with E-state index in [1.54, 1.807) is 12.4 Å². The van der Waals surface area contributed by atoms with Gasteiger partial charge in [-0.3, -0.25) is 14.6 Å². The summed E-state index contributed by atoms with van der Waals surface area (Å²) in [6.07, 6.45) is 3.56. The first-order valence-electron chi connectivity index (χ1n) is 4.56. The maximum atomic E-state index is 10.9. The fraction of sp³-hybridized carbons (Fsp3) is 0.300. The highest BCUT2D eigenvalue weighted by molar-refractivity contribution is 5.93. The molecule has 0 bridgehead atoms. The van der Waals surface area contributed by atoms with Crippen LogP contribution < -0.4 is 5.32 Å². The normalized spacial score (nSPS) is 9.60. The Balaban J connectivity index is 2.22. The van der Waals surface area contributed by atoms with Crippen molar-refractivity contribution in [3.8, 4) is 0 Å². The molecule has 1 rings (SSSR count). The van der Waals surface area contributed by atoms with Crippen LogP contribution in [0.3, 0.4) is 0 Å². The summed E-state index contributed by atoms with van der Waals surface area (Å²) >= 11 is 0. The van der Waals surface area contributed by atoms with Crippen molar-refractivity contribution in [2.24, 2.45) is 0 Å². The molecule has 1 amide bonds. The maximum Gasteiger partial charge on any atom is 0.312 e. The van der Waals surface area contributed by atoms with Crippen LogP contribution in [0.5, 0.6) is 0 Å². The second-order valence-corrected chi connectivity index (χ2v) is 3.03. The van der Waals surface area contributed by atoms with Crippen molar-refractivity contribution in [3.05, 3.63) is 30.1 Å². The molecule has 0 aliphatic heterocycles. The van der Waals surface area contributed by atoms with Crippen LogP contribution in [-0.4, -0.2) is 28.5 Å².